The van der Waals surface area contributed by atoms with Crippen molar-refractivity contribution in [2.75, 3.05) is 20.3 Å². The number of nitrogens with zero attached hydrogens (tertiary/aromatic N) is 1. The minimum absolute atomic E-state index is 0.210. The highest BCUT2D eigenvalue weighted by Gasteiger charge is 2.19. The first-order valence-corrected chi connectivity index (χ1v) is 8.35. The lowest BCUT2D eigenvalue weighted by Crippen LogP contribution is -2.17. The minimum atomic E-state index is -0.210. The van der Waals surface area contributed by atoms with Gasteiger partial charge in [0, 0.05) is 17.5 Å². The number of methoxy groups -OCH3 is 1. The average molecular weight is 350 g/mol. The molecule has 26 heavy (non-hydrogen) atoms. The SMILES string of the molecule is COc1cc(Cc2cc(-c3ccccc3)n[nH]c2=O)cc2c1OCCO2. The van der Waals surface area contributed by atoms with Gasteiger partial charge >= 0.3 is 0 Å². The Balaban J connectivity index is 1.70. The van der Waals surface area contributed by atoms with E-state index in [0.717, 1.165) is 16.8 Å². The Morgan fingerprint density at radius 2 is 1.92 bits per heavy atom. The van der Waals surface area contributed by atoms with Crippen molar-refractivity contribution in [1.82, 2.24) is 10.2 Å². The van der Waals surface area contributed by atoms with Crippen LogP contribution in [0.2, 0.25) is 0 Å². The summed E-state index contributed by atoms with van der Waals surface area (Å²) in [6.45, 7) is 0.987. The number of H-pyrrole nitrogens is 1. The zero-order chi connectivity index (χ0) is 17.9. The van der Waals surface area contributed by atoms with Crippen molar-refractivity contribution in [3.63, 3.8) is 0 Å². The molecule has 0 aliphatic carbocycles. The monoisotopic (exact) mass is 350 g/mol. The normalized spacial score (nSPS) is 12.7. The maximum Gasteiger partial charge on any atom is 0.267 e. The van der Waals surface area contributed by atoms with Crippen LogP contribution in [0.25, 0.3) is 11.3 Å². The van der Waals surface area contributed by atoms with E-state index in [1.54, 1.807) is 7.11 Å². The van der Waals surface area contributed by atoms with Crippen LogP contribution in [0.3, 0.4) is 0 Å². The topological polar surface area (TPSA) is 73.4 Å². The summed E-state index contributed by atoms with van der Waals surface area (Å²) >= 11 is 0. The fourth-order valence-electron chi connectivity index (χ4n) is 2.98. The van der Waals surface area contributed by atoms with Gasteiger partial charge in [0.15, 0.2) is 11.5 Å². The van der Waals surface area contributed by atoms with E-state index in [4.69, 9.17) is 14.2 Å². The molecule has 1 N–H and O–H groups in total. The third-order valence-electron chi connectivity index (χ3n) is 4.23. The molecule has 2 heterocycles. The van der Waals surface area contributed by atoms with E-state index in [9.17, 15) is 4.79 Å². The molecule has 0 radical (unpaired) electrons. The molecule has 0 bridgehead atoms. The maximum absolute atomic E-state index is 12.2. The summed E-state index contributed by atoms with van der Waals surface area (Å²) in [6, 6.07) is 15.3. The average Bonchev–Trinajstić information content (AvgIpc) is 2.69. The Morgan fingerprint density at radius 1 is 1.12 bits per heavy atom. The standard InChI is InChI=1S/C20H18N2O4/c1-24-17-10-13(11-18-19(17)26-8-7-25-18)9-15-12-16(21-22-20(15)23)14-5-3-2-4-6-14/h2-6,10-12H,7-9H2,1H3,(H,22,23). The molecule has 2 aromatic carbocycles. The molecule has 132 valence electrons. The van der Waals surface area contributed by atoms with Crippen molar-refractivity contribution >= 4 is 0 Å². The van der Waals surface area contributed by atoms with Gasteiger partial charge in [-0.05, 0) is 23.8 Å². The van der Waals surface area contributed by atoms with Crippen molar-refractivity contribution in [2.24, 2.45) is 0 Å². The van der Waals surface area contributed by atoms with Crippen molar-refractivity contribution in [3.8, 4) is 28.5 Å². The van der Waals surface area contributed by atoms with Crippen LogP contribution in [-0.2, 0) is 6.42 Å². The largest absolute Gasteiger partial charge is 0.493 e. The van der Waals surface area contributed by atoms with Crippen LogP contribution in [0.4, 0.5) is 0 Å². The number of ether oxygens (including phenoxy) is 3. The predicted octanol–water partition coefficient (Wildman–Crippen LogP) is 2.81. The molecular formula is C20H18N2O4. The number of nitrogens with one attached hydrogen (secondary N) is 1. The molecule has 3 aromatic rings. The smallest absolute Gasteiger partial charge is 0.267 e. The minimum Gasteiger partial charge on any atom is -0.493 e. The van der Waals surface area contributed by atoms with Gasteiger partial charge in [-0.1, -0.05) is 30.3 Å². The van der Waals surface area contributed by atoms with Gasteiger partial charge in [-0.3, -0.25) is 4.79 Å². The maximum atomic E-state index is 12.2. The van der Waals surface area contributed by atoms with Gasteiger partial charge in [0.1, 0.15) is 13.2 Å². The fourth-order valence-corrected chi connectivity index (χ4v) is 2.98. The fraction of sp³-hybridized carbons (Fsp3) is 0.200. The zero-order valence-electron chi connectivity index (χ0n) is 14.3. The molecule has 6 heteroatoms. The van der Waals surface area contributed by atoms with Gasteiger partial charge in [-0.15, -0.1) is 0 Å². The van der Waals surface area contributed by atoms with E-state index in [1.165, 1.54) is 0 Å². The van der Waals surface area contributed by atoms with E-state index in [0.29, 0.717) is 42.4 Å². The van der Waals surface area contributed by atoms with Gasteiger partial charge < -0.3 is 14.2 Å². The van der Waals surface area contributed by atoms with Gasteiger partial charge in [-0.25, -0.2) is 5.10 Å². The number of fused-ring (bicyclic) bond motifs is 1. The highest BCUT2D eigenvalue weighted by molar-refractivity contribution is 5.59. The zero-order valence-corrected chi connectivity index (χ0v) is 14.3. The number of rotatable bonds is 4. The van der Waals surface area contributed by atoms with Crippen LogP contribution in [0.15, 0.2) is 53.3 Å². The number of hydrogen-bond donors (Lipinski definition) is 1. The van der Waals surface area contributed by atoms with E-state index < -0.39 is 0 Å². The lowest BCUT2D eigenvalue weighted by atomic mass is 10.0. The van der Waals surface area contributed by atoms with E-state index in [2.05, 4.69) is 10.2 Å². The van der Waals surface area contributed by atoms with E-state index in [1.807, 2.05) is 48.5 Å². The van der Waals surface area contributed by atoms with Crippen LogP contribution in [-0.4, -0.2) is 30.5 Å². The van der Waals surface area contributed by atoms with Gasteiger partial charge in [0.05, 0.1) is 12.8 Å². The lowest BCUT2D eigenvalue weighted by molar-refractivity contribution is 0.165. The van der Waals surface area contributed by atoms with Crippen LogP contribution in [0.1, 0.15) is 11.1 Å². The highest BCUT2D eigenvalue weighted by Crippen LogP contribution is 2.40. The molecule has 0 atom stereocenters. The van der Waals surface area contributed by atoms with Crippen LogP contribution < -0.4 is 19.8 Å². The van der Waals surface area contributed by atoms with Gasteiger partial charge in [-0.2, -0.15) is 5.10 Å². The lowest BCUT2D eigenvalue weighted by Gasteiger charge is -2.21. The molecule has 1 aliphatic heterocycles. The first-order chi connectivity index (χ1) is 12.7. The Bertz CT molecular complexity index is 966. The molecule has 4 rings (SSSR count). The summed E-state index contributed by atoms with van der Waals surface area (Å²) < 4.78 is 16.7. The Kier molecular flexibility index (Phi) is 4.31. The van der Waals surface area contributed by atoms with Crippen LogP contribution in [0.5, 0.6) is 17.2 Å². The van der Waals surface area contributed by atoms with Gasteiger partial charge in [0.25, 0.3) is 5.56 Å². The third-order valence-corrected chi connectivity index (χ3v) is 4.23. The molecular weight excluding hydrogens is 332 g/mol. The molecule has 0 amide bonds. The third kappa shape index (κ3) is 3.13. The number of benzene rings is 2. The summed E-state index contributed by atoms with van der Waals surface area (Å²) in [5.74, 6) is 1.85. The molecule has 1 aromatic heterocycles. The molecule has 0 saturated carbocycles. The van der Waals surface area contributed by atoms with Crippen molar-refractivity contribution in [1.29, 1.82) is 0 Å². The van der Waals surface area contributed by atoms with Crippen molar-refractivity contribution in [2.45, 2.75) is 6.42 Å². The molecule has 1 aliphatic rings. The first-order valence-electron chi connectivity index (χ1n) is 8.35. The van der Waals surface area contributed by atoms with Crippen LogP contribution >= 0.6 is 0 Å². The van der Waals surface area contributed by atoms with Gasteiger partial charge in [0.2, 0.25) is 5.75 Å². The Morgan fingerprint density at radius 3 is 2.73 bits per heavy atom. The molecule has 0 fully saturated rings. The molecule has 6 nitrogen and oxygen atoms in total. The number of hydrogen-bond acceptors (Lipinski definition) is 5. The summed E-state index contributed by atoms with van der Waals surface area (Å²) in [6.07, 6.45) is 0.435. The summed E-state index contributed by atoms with van der Waals surface area (Å²) in [5.41, 5.74) is 2.99. The second kappa shape index (κ2) is 6.92. The second-order valence-electron chi connectivity index (χ2n) is 5.97. The van der Waals surface area contributed by atoms with Crippen LogP contribution in [0, 0.1) is 0 Å². The Hall–Kier alpha value is -3.28. The van der Waals surface area contributed by atoms with E-state index in [-0.39, 0.29) is 5.56 Å². The predicted molar refractivity (Wildman–Crippen MR) is 97.1 cm³/mol. The summed E-state index contributed by atoms with van der Waals surface area (Å²) in [5, 5.41) is 6.73. The quantitative estimate of drug-likeness (QED) is 0.783. The molecule has 0 saturated heterocycles. The number of aromatic amines is 1. The summed E-state index contributed by atoms with van der Waals surface area (Å²) in [4.78, 5) is 12.2. The summed E-state index contributed by atoms with van der Waals surface area (Å²) in [7, 11) is 1.59. The second-order valence-corrected chi connectivity index (χ2v) is 5.97. The Labute approximate surface area is 150 Å². The van der Waals surface area contributed by atoms with E-state index >= 15 is 0 Å². The van der Waals surface area contributed by atoms with Crippen molar-refractivity contribution in [3.05, 3.63) is 70.0 Å². The number of aromatic nitrogens is 2. The molecule has 0 spiro atoms. The molecule has 0 unspecified atom stereocenters. The first kappa shape index (κ1) is 16.2. The van der Waals surface area contributed by atoms with Crippen molar-refractivity contribution < 1.29 is 14.2 Å². The highest BCUT2D eigenvalue weighted by atomic mass is 16.6.